The predicted molar refractivity (Wildman–Crippen MR) is 182 cm³/mol. The van der Waals surface area contributed by atoms with Gasteiger partial charge in [-0.05, 0) is 64.5 Å². The zero-order valence-corrected chi connectivity index (χ0v) is 29.8. The van der Waals surface area contributed by atoms with Gasteiger partial charge in [-0.15, -0.1) is 0 Å². The first kappa shape index (κ1) is 38.9. The third-order valence-electron chi connectivity index (χ3n) is 9.39. The number of nitrogens with zero attached hydrogens (tertiary/aromatic N) is 5. The maximum Gasteiger partial charge on any atom is 0.409 e. The van der Waals surface area contributed by atoms with Gasteiger partial charge in [-0.3, -0.25) is 24.0 Å². The zero-order valence-electron chi connectivity index (χ0n) is 29.8. The standard InChI is InChI=1S/C35H45F2N7O9/c1-3-51-31(46)13-12-26(34(49)41-15-17-42(18-16-41)35(50)52-4-2)39-32(47)27-20-30(44(40-27)23-10-11-24(36)25(37)19-23)53-21-29(45)43-14-6-9-28(43)33(48)38-22-7-5-8-22/h10-11,19-20,22,26,28H,3-9,12-18,21H2,1-2H3,(H,38,48)(H,39,47). The van der Waals surface area contributed by atoms with Crippen LogP contribution < -0.4 is 15.4 Å². The summed E-state index contributed by atoms with van der Waals surface area (Å²) < 4.78 is 45.0. The summed E-state index contributed by atoms with van der Waals surface area (Å²) in [6.07, 6.45) is 3.15. The second kappa shape index (κ2) is 18.0. The summed E-state index contributed by atoms with van der Waals surface area (Å²) in [5.74, 6) is -5.15. The highest BCUT2D eigenvalue weighted by Gasteiger charge is 2.36. The van der Waals surface area contributed by atoms with E-state index >= 15 is 0 Å². The van der Waals surface area contributed by atoms with Gasteiger partial charge in [0.2, 0.25) is 17.7 Å². The van der Waals surface area contributed by atoms with Gasteiger partial charge in [-0.2, -0.15) is 5.10 Å². The molecule has 5 rings (SSSR count). The lowest BCUT2D eigenvalue weighted by atomic mass is 9.93. The van der Waals surface area contributed by atoms with Gasteiger partial charge >= 0.3 is 12.1 Å². The topological polar surface area (TPSA) is 182 Å². The number of benzene rings is 1. The van der Waals surface area contributed by atoms with Crippen molar-refractivity contribution in [2.24, 2.45) is 0 Å². The van der Waals surface area contributed by atoms with E-state index in [1.165, 1.54) is 26.8 Å². The van der Waals surface area contributed by atoms with Gasteiger partial charge in [-0.25, -0.2) is 18.3 Å². The molecule has 0 bridgehead atoms. The van der Waals surface area contributed by atoms with Crippen LogP contribution in [0.4, 0.5) is 13.6 Å². The quantitative estimate of drug-likeness (QED) is 0.271. The van der Waals surface area contributed by atoms with E-state index in [0.717, 1.165) is 36.1 Å². The van der Waals surface area contributed by atoms with Crippen molar-refractivity contribution < 1.29 is 51.8 Å². The van der Waals surface area contributed by atoms with Crippen LogP contribution in [0.15, 0.2) is 24.3 Å². The minimum atomic E-state index is -1.21. The van der Waals surface area contributed by atoms with Crippen molar-refractivity contribution >= 4 is 35.7 Å². The van der Waals surface area contributed by atoms with Crippen LogP contribution in [0.2, 0.25) is 0 Å². The van der Waals surface area contributed by atoms with Crippen LogP contribution >= 0.6 is 0 Å². The molecule has 0 spiro atoms. The molecule has 1 aromatic heterocycles. The van der Waals surface area contributed by atoms with Gasteiger partial charge in [0.25, 0.3) is 11.8 Å². The van der Waals surface area contributed by atoms with Crippen molar-refractivity contribution in [2.75, 3.05) is 52.5 Å². The lowest BCUT2D eigenvalue weighted by Gasteiger charge is -2.35. The molecule has 53 heavy (non-hydrogen) atoms. The monoisotopic (exact) mass is 745 g/mol. The largest absolute Gasteiger partial charge is 0.467 e. The second-order valence-electron chi connectivity index (χ2n) is 12.9. The molecular formula is C35H45F2N7O9. The number of likely N-dealkylation sites (tertiary alicyclic amines) is 1. The molecule has 2 aromatic rings. The fraction of sp³-hybridized carbons (Fsp3) is 0.571. The third kappa shape index (κ3) is 9.78. The average Bonchev–Trinajstić information content (AvgIpc) is 3.80. The number of piperazine rings is 1. The summed E-state index contributed by atoms with van der Waals surface area (Å²) in [6.45, 7) is 4.15. The molecule has 5 amide bonds. The molecule has 288 valence electrons. The molecule has 2 unspecified atom stereocenters. The van der Waals surface area contributed by atoms with Crippen LogP contribution in [0.3, 0.4) is 0 Å². The lowest BCUT2D eigenvalue weighted by Crippen LogP contribution is -2.56. The molecule has 1 aliphatic carbocycles. The zero-order chi connectivity index (χ0) is 38.1. The Balaban J connectivity index is 1.32. The number of esters is 1. The second-order valence-corrected chi connectivity index (χ2v) is 12.9. The highest BCUT2D eigenvalue weighted by molar-refractivity contribution is 5.96. The molecule has 2 aliphatic heterocycles. The van der Waals surface area contributed by atoms with Crippen molar-refractivity contribution in [2.45, 2.75) is 76.9 Å². The molecule has 1 aromatic carbocycles. The number of carbonyl (C=O) groups excluding carboxylic acids is 6. The Bertz CT molecular complexity index is 1680. The Kier molecular flexibility index (Phi) is 13.2. The summed E-state index contributed by atoms with van der Waals surface area (Å²) in [5.41, 5.74) is -0.323. The highest BCUT2D eigenvalue weighted by atomic mass is 19.2. The van der Waals surface area contributed by atoms with E-state index in [2.05, 4.69) is 15.7 Å². The highest BCUT2D eigenvalue weighted by Crippen LogP contribution is 2.24. The minimum Gasteiger partial charge on any atom is -0.467 e. The number of nitrogens with one attached hydrogen (secondary N) is 2. The molecule has 3 heterocycles. The first-order chi connectivity index (χ1) is 25.5. The number of ether oxygens (including phenoxy) is 3. The molecular weight excluding hydrogens is 700 g/mol. The van der Waals surface area contributed by atoms with Crippen LogP contribution in [0.1, 0.15) is 69.3 Å². The number of amides is 5. The predicted octanol–water partition coefficient (Wildman–Crippen LogP) is 1.93. The summed E-state index contributed by atoms with van der Waals surface area (Å²) in [5, 5.41) is 9.84. The van der Waals surface area contributed by atoms with Crippen molar-refractivity contribution in [1.29, 1.82) is 0 Å². The molecule has 0 radical (unpaired) electrons. The van der Waals surface area contributed by atoms with E-state index in [1.807, 2.05) is 0 Å². The summed E-state index contributed by atoms with van der Waals surface area (Å²) in [6, 6.07) is 2.32. The summed E-state index contributed by atoms with van der Waals surface area (Å²) in [4.78, 5) is 82.3. The van der Waals surface area contributed by atoms with Crippen molar-refractivity contribution in [1.82, 2.24) is 35.1 Å². The molecule has 1 saturated carbocycles. The third-order valence-corrected chi connectivity index (χ3v) is 9.39. The van der Waals surface area contributed by atoms with Crippen LogP contribution in [0.25, 0.3) is 5.69 Å². The van der Waals surface area contributed by atoms with Crippen molar-refractivity contribution in [3.63, 3.8) is 0 Å². The van der Waals surface area contributed by atoms with Gasteiger partial charge in [0.15, 0.2) is 23.9 Å². The molecule has 16 nitrogen and oxygen atoms in total. The lowest BCUT2D eigenvalue weighted by molar-refractivity contribution is -0.143. The molecule has 3 aliphatic rings. The number of rotatable bonds is 14. The number of hydrogen-bond donors (Lipinski definition) is 2. The Morgan fingerprint density at radius 2 is 1.60 bits per heavy atom. The van der Waals surface area contributed by atoms with E-state index in [4.69, 9.17) is 14.2 Å². The maximum absolute atomic E-state index is 14.3. The molecule has 2 N–H and O–H groups in total. The fourth-order valence-corrected chi connectivity index (χ4v) is 6.32. The Labute approximate surface area is 305 Å². The van der Waals surface area contributed by atoms with E-state index in [0.29, 0.717) is 19.4 Å². The summed E-state index contributed by atoms with van der Waals surface area (Å²) >= 11 is 0. The Morgan fingerprint density at radius 1 is 0.887 bits per heavy atom. The Morgan fingerprint density at radius 3 is 2.26 bits per heavy atom. The van der Waals surface area contributed by atoms with Crippen LogP contribution in [-0.2, 0) is 28.7 Å². The van der Waals surface area contributed by atoms with E-state index in [9.17, 15) is 37.5 Å². The Hall–Kier alpha value is -5.29. The fourth-order valence-electron chi connectivity index (χ4n) is 6.32. The number of halogens is 2. The van der Waals surface area contributed by atoms with Gasteiger partial charge in [0, 0.05) is 57.3 Å². The number of carbonyl (C=O) groups is 6. The van der Waals surface area contributed by atoms with Crippen LogP contribution in [-0.4, -0.2) is 131 Å². The average molecular weight is 746 g/mol. The van der Waals surface area contributed by atoms with E-state index in [-0.39, 0.29) is 81.4 Å². The van der Waals surface area contributed by atoms with Gasteiger partial charge < -0.3 is 39.5 Å². The molecule has 18 heteroatoms. The first-order valence-electron chi connectivity index (χ1n) is 17.9. The maximum atomic E-state index is 14.3. The SMILES string of the molecule is CCOC(=O)CCC(NC(=O)c1cc(OCC(=O)N2CCCC2C(=O)NC2CCC2)n(-c2ccc(F)c(F)c2)n1)C(=O)N1CCN(C(=O)OCC)CC1. The number of hydrogen-bond acceptors (Lipinski definition) is 10. The van der Waals surface area contributed by atoms with Crippen LogP contribution in [0, 0.1) is 11.6 Å². The normalized spacial score (nSPS) is 17.8. The van der Waals surface area contributed by atoms with Crippen molar-refractivity contribution in [3.8, 4) is 11.6 Å². The van der Waals surface area contributed by atoms with Crippen LogP contribution in [0.5, 0.6) is 5.88 Å². The summed E-state index contributed by atoms with van der Waals surface area (Å²) in [7, 11) is 0. The van der Waals surface area contributed by atoms with Gasteiger partial charge in [0.1, 0.15) is 12.1 Å². The van der Waals surface area contributed by atoms with Gasteiger partial charge in [0.05, 0.1) is 18.9 Å². The van der Waals surface area contributed by atoms with Gasteiger partial charge in [-0.1, -0.05) is 0 Å². The van der Waals surface area contributed by atoms with Crippen molar-refractivity contribution in [3.05, 3.63) is 41.6 Å². The molecule has 2 atom stereocenters. The smallest absolute Gasteiger partial charge is 0.409 e. The number of aromatic nitrogens is 2. The van der Waals surface area contributed by atoms with E-state index in [1.54, 1.807) is 13.8 Å². The minimum absolute atomic E-state index is 0.0290. The molecule has 2 saturated heterocycles. The van der Waals surface area contributed by atoms with E-state index < -0.39 is 60.1 Å². The first-order valence-corrected chi connectivity index (χ1v) is 17.9. The molecule has 3 fully saturated rings.